The summed E-state index contributed by atoms with van der Waals surface area (Å²) in [5, 5.41) is 0. The smallest absolute Gasteiger partial charge is 0.377 e. The summed E-state index contributed by atoms with van der Waals surface area (Å²) in [6, 6.07) is 0. The van der Waals surface area contributed by atoms with Crippen LogP contribution in [0.25, 0.3) is 0 Å². The van der Waals surface area contributed by atoms with E-state index < -0.39 is 18.3 Å². The number of halogens is 3. The third-order valence-corrected chi connectivity index (χ3v) is 2.47. The number of carbonyl (C=O) groups excluding carboxylic acids is 1. The Hall–Kier alpha value is -0.190. The van der Waals surface area contributed by atoms with Crippen LogP contribution in [0.3, 0.4) is 0 Å². The van der Waals surface area contributed by atoms with Crippen molar-refractivity contribution in [3.05, 3.63) is 0 Å². The molecule has 0 aromatic rings. The molecule has 0 N–H and O–H groups in total. The zero-order chi connectivity index (χ0) is 10.5. The summed E-state index contributed by atoms with van der Waals surface area (Å²) in [5.41, 5.74) is 0. The highest BCUT2D eigenvalue weighted by molar-refractivity contribution is 9.09. The van der Waals surface area contributed by atoms with Crippen molar-refractivity contribution in [3.8, 4) is 0 Å². The van der Waals surface area contributed by atoms with E-state index in [-0.39, 0.29) is 11.4 Å². The van der Waals surface area contributed by atoms with Gasteiger partial charge in [-0.25, -0.2) is 4.79 Å². The lowest BCUT2D eigenvalue weighted by Gasteiger charge is -2.16. The highest BCUT2D eigenvalue weighted by Crippen LogP contribution is 2.26. The molecule has 0 aliphatic rings. The lowest BCUT2D eigenvalue weighted by Crippen LogP contribution is -2.33. The molecule has 5 heteroatoms. The van der Waals surface area contributed by atoms with Crippen molar-refractivity contribution in [3.63, 3.8) is 0 Å². The summed E-state index contributed by atoms with van der Waals surface area (Å²) in [4.78, 5) is 10.4. The SMILES string of the molecule is CCOC(=O)C(F)(F)CC(Br)CC. The summed E-state index contributed by atoms with van der Waals surface area (Å²) in [6.45, 7) is 3.24. The quantitative estimate of drug-likeness (QED) is 0.560. The minimum Gasteiger partial charge on any atom is -0.462 e. The van der Waals surface area contributed by atoms with Crippen molar-refractivity contribution in [2.24, 2.45) is 0 Å². The van der Waals surface area contributed by atoms with Gasteiger partial charge in [-0.2, -0.15) is 8.78 Å². The number of rotatable bonds is 5. The molecule has 78 valence electrons. The van der Waals surface area contributed by atoms with Gasteiger partial charge in [0.2, 0.25) is 0 Å². The summed E-state index contributed by atoms with van der Waals surface area (Å²) >= 11 is 3.04. The molecular formula is C8H13BrF2O2. The van der Waals surface area contributed by atoms with E-state index >= 15 is 0 Å². The van der Waals surface area contributed by atoms with Crippen molar-refractivity contribution in [2.75, 3.05) is 6.61 Å². The largest absolute Gasteiger partial charge is 0.462 e. The summed E-state index contributed by atoms with van der Waals surface area (Å²) in [6.07, 6.45) is 0.0390. The number of ether oxygens (including phenoxy) is 1. The van der Waals surface area contributed by atoms with Gasteiger partial charge in [-0.3, -0.25) is 0 Å². The molecule has 0 amide bonds. The van der Waals surface area contributed by atoms with Gasteiger partial charge in [-0.05, 0) is 13.3 Å². The molecular weight excluding hydrogens is 246 g/mol. The topological polar surface area (TPSA) is 26.3 Å². The Balaban J connectivity index is 4.13. The average Bonchev–Trinajstić information content (AvgIpc) is 2.04. The number of alkyl halides is 3. The van der Waals surface area contributed by atoms with Gasteiger partial charge in [0.25, 0.3) is 0 Å². The second kappa shape index (κ2) is 5.52. The van der Waals surface area contributed by atoms with Crippen LogP contribution in [0, 0.1) is 0 Å². The van der Waals surface area contributed by atoms with E-state index in [0.717, 1.165) is 0 Å². The van der Waals surface area contributed by atoms with Gasteiger partial charge < -0.3 is 4.74 Å². The maximum absolute atomic E-state index is 12.9. The van der Waals surface area contributed by atoms with Crippen molar-refractivity contribution in [1.82, 2.24) is 0 Å². The molecule has 0 aromatic heterocycles. The Morgan fingerprint density at radius 2 is 2.08 bits per heavy atom. The molecule has 1 unspecified atom stereocenters. The Morgan fingerprint density at radius 3 is 2.46 bits per heavy atom. The second-order valence-corrected chi connectivity index (χ2v) is 3.93. The Kier molecular flexibility index (Phi) is 5.44. The summed E-state index contributed by atoms with van der Waals surface area (Å²) < 4.78 is 30.1. The van der Waals surface area contributed by atoms with Crippen LogP contribution in [0.4, 0.5) is 8.78 Å². The first-order chi connectivity index (χ1) is 5.94. The molecule has 0 aliphatic heterocycles. The zero-order valence-electron chi connectivity index (χ0n) is 7.65. The molecule has 0 aromatic carbocycles. The van der Waals surface area contributed by atoms with Crippen molar-refractivity contribution in [1.29, 1.82) is 0 Å². The average molecular weight is 259 g/mol. The number of hydrogen-bond donors (Lipinski definition) is 0. The normalized spacial score (nSPS) is 13.9. The van der Waals surface area contributed by atoms with Crippen LogP contribution in [-0.2, 0) is 9.53 Å². The molecule has 0 radical (unpaired) electrons. The maximum Gasteiger partial charge on any atom is 0.377 e. The van der Waals surface area contributed by atoms with Gasteiger partial charge in [-0.1, -0.05) is 22.9 Å². The van der Waals surface area contributed by atoms with Crippen molar-refractivity contribution >= 4 is 21.9 Å². The fourth-order valence-electron chi connectivity index (χ4n) is 0.743. The van der Waals surface area contributed by atoms with E-state index in [9.17, 15) is 13.6 Å². The zero-order valence-corrected chi connectivity index (χ0v) is 9.24. The van der Waals surface area contributed by atoms with Crippen LogP contribution in [0.1, 0.15) is 26.7 Å². The monoisotopic (exact) mass is 258 g/mol. The predicted octanol–water partition coefficient (Wildman–Crippen LogP) is 2.75. The number of carbonyl (C=O) groups is 1. The molecule has 13 heavy (non-hydrogen) atoms. The van der Waals surface area contributed by atoms with Gasteiger partial charge in [0.15, 0.2) is 0 Å². The first-order valence-electron chi connectivity index (χ1n) is 4.13. The lowest BCUT2D eigenvalue weighted by molar-refractivity contribution is -0.172. The van der Waals surface area contributed by atoms with Gasteiger partial charge in [0.05, 0.1) is 6.61 Å². The van der Waals surface area contributed by atoms with Gasteiger partial charge in [0, 0.05) is 11.2 Å². The fraction of sp³-hybridized carbons (Fsp3) is 0.875. The van der Waals surface area contributed by atoms with Crippen LogP contribution < -0.4 is 0 Å². The van der Waals surface area contributed by atoms with Gasteiger partial charge in [-0.15, -0.1) is 0 Å². The lowest BCUT2D eigenvalue weighted by atomic mass is 10.1. The third-order valence-electron chi connectivity index (χ3n) is 1.49. The first kappa shape index (κ1) is 12.8. The molecule has 1 atom stereocenters. The predicted molar refractivity (Wildman–Crippen MR) is 49.2 cm³/mol. The first-order valence-corrected chi connectivity index (χ1v) is 5.04. The van der Waals surface area contributed by atoms with Crippen LogP contribution >= 0.6 is 15.9 Å². The van der Waals surface area contributed by atoms with Crippen molar-refractivity contribution in [2.45, 2.75) is 37.4 Å². The summed E-state index contributed by atoms with van der Waals surface area (Å²) in [7, 11) is 0. The van der Waals surface area contributed by atoms with E-state index in [1.165, 1.54) is 6.92 Å². The van der Waals surface area contributed by atoms with Crippen LogP contribution in [-0.4, -0.2) is 23.3 Å². The highest BCUT2D eigenvalue weighted by Gasteiger charge is 2.41. The number of hydrogen-bond acceptors (Lipinski definition) is 2. The third kappa shape index (κ3) is 4.55. The minimum absolute atomic E-state index is 0.0203. The van der Waals surface area contributed by atoms with Gasteiger partial charge >= 0.3 is 11.9 Å². The Bertz CT molecular complexity index is 174. The standard InChI is InChI=1S/C8H13BrF2O2/c1-3-6(9)5-8(10,11)7(12)13-4-2/h6H,3-5H2,1-2H3. The van der Waals surface area contributed by atoms with E-state index in [2.05, 4.69) is 20.7 Å². The molecule has 2 nitrogen and oxygen atoms in total. The van der Waals surface area contributed by atoms with Gasteiger partial charge in [0.1, 0.15) is 0 Å². The molecule has 0 fully saturated rings. The molecule has 0 aliphatic carbocycles. The van der Waals surface area contributed by atoms with Crippen LogP contribution in [0.5, 0.6) is 0 Å². The Labute approximate surface area is 84.8 Å². The molecule has 0 spiro atoms. The van der Waals surface area contributed by atoms with Crippen LogP contribution in [0.2, 0.25) is 0 Å². The maximum atomic E-state index is 12.9. The Morgan fingerprint density at radius 1 is 1.54 bits per heavy atom. The molecule has 0 heterocycles. The molecule has 0 saturated carbocycles. The molecule has 0 bridgehead atoms. The van der Waals surface area contributed by atoms with Crippen molar-refractivity contribution < 1.29 is 18.3 Å². The molecule has 0 rings (SSSR count). The van der Waals surface area contributed by atoms with E-state index in [4.69, 9.17) is 0 Å². The highest BCUT2D eigenvalue weighted by atomic mass is 79.9. The van der Waals surface area contributed by atoms with E-state index in [1.807, 2.05) is 0 Å². The molecule has 0 saturated heterocycles. The van der Waals surface area contributed by atoms with E-state index in [0.29, 0.717) is 6.42 Å². The van der Waals surface area contributed by atoms with E-state index in [1.54, 1.807) is 6.92 Å². The second-order valence-electron chi connectivity index (χ2n) is 2.63. The minimum atomic E-state index is -3.37. The summed E-state index contributed by atoms with van der Waals surface area (Å²) in [5.74, 6) is -4.81. The fourth-order valence-corrected chi connectivity index (χ4v) is 1.15. The van der Waals surface area contributed by atoms with Crippen LogP contribution in [0.15, 0.2) is 0 Å². The number of esters is 1.